The predicted molar refractivity (Wildman–Crippen MR) is 80.8 cm³/mol. The van der Waals surface area contributed by atoms with E-state index in [4.69, 9.17) is 5.73 Å². The van der Waals surface area contributed by atoms with Gasteiger partial charge in [-0.1, -0.05) is 18.2 Å². The molecule has 0 amide bonds. The monoisotopic (exact) mass is 260 g/mol. The van der Waals surface area contributed by atoms with E-state index in [9.17, 15) is 0 Å². The standard InChI is InChI=1S/C16H12N4/c17-11-5-7-12(8-6-11)20-10-19-15-9-18-14-4-2-1-3-13(14)16(15)20/h1-10H,17H2. The highest BCUT2D eigenvalue weighted by atomic mass is 15.1. The Morgan fingerprint density at radius 2 is 1.65 bits per heavy atom. The number of para-hydroxylation sites is 1. The van der Waals surface area contributed by atoms with Gasteiger partial charge in [0.1, 0.15) is 11.8 Å². The van der Waals surface area contributed by atoms with Crippen molar-refractivity contribution in [1.29, 1.82) is 0 Å². The number of aromatic nitrogens is 3. The summed E-state index contributed by atoms with van der Waals surface area (Å²) in [5.74, 6) is 0. The Morgan fingerprint density at radius 3 is 2.50 bits per heavy atom. The molecule has 2 heterocycles. The fourth-order valence-corrected chi connectivity index (χ4v) is 2.47. The normalized spacial score (nSPS) is 11.2. The summed E-state index contributed by atoms with van der Waals surface area (Å²) >= 11 is 0. The summed E-state index contributed by atoms with van der Waals surface area (Å²) < 4.78 is 2.07. The molecule has 0 atom stereocenters. The Kier molecular flexibility index (Phi) is 2.23. The molecule has 4 nitrogen and oxygen atoms in total. The Labute approximate surface area is 115 Å². The van der Waals surface area contributed by atoms with Crippen molar-refractivity contribution in [1.82, 2.24) is 14.5 Å². The van der Waals surface area contributed by atoms with E-state index < -0.39 is 0 Å². The van der Waals surface area contributed by atoms with Gasteiger partial charge in [0.15, 0.2) is 0 Å². The molecule has 0 aliphatic heterocycles. The van der Waals surface area contributed by atoms with Crippen molar-refractivity contribution in [2.75, 3.05) is 5.73 Å². The van der Waals surface area contributed by atoms with Crippen LogP contribution in [0.5, 0.6) is 0 Å². The Morgan fingerprint density at radius 1 is 0.850 bits per heavy atom. The van der Waals surface area contributed by atoms with Crippen LogP contribution >= 0.6 is 0 Å². The molecule has 0 bridgehead atoms. The van der Waals surface area contributed by atoms with Crippen LogP contribution in [0.2, 0.25) is 0 Å². The van der Waals surface area contributed by atoms with Crippen LogP contribution in [0.25, 0.3) is 27.6 Å². The minimum Gasteiger partial charge on any atom is -0.399 e. The van der Waals surface area contributed by atoms with Crippen LogP contribution in [0.15, 0.2) is 61.1 Å². The van der Waals surface area contributed by atoms with Crippen molar-refractivity contribution in [3.05, 3.63) is 61.1 Å². The predicted octanol–water partition coefficient (Wildman–Crippen LogP) is 3.16. The number of nitrogen functional groups attached to an aromatic ring is 1. The Balaban J connectivity index is 2.09. The number of hydrogen-bond donors (Lipinski definition) is 1. The number of imidazole rings is 1. The van der Waals surface area contributed by atoms with Crippen LogP contribution < -0.4 is 5.73 Å². The maximum atomic E-state index is 5.75. The largest absolute Gasteiger partial charge is 0.399 e. The zero-order valence-electron chi connectivity index (χ0n) is 10.7. The molecule has 0 aliphatic carbocycles. The van der Waals surface area contributed by atoms with Gasteiger partial charge >= 0.3 is 0 Å². The first-order chi connectivity index (χ1) is 9.83. The van der Waals surface area contributed by atoms with Gasteiger partial charge in [-0.2, -0.15) is 0 Å². The van der Waals surface area contributed by atoms with Crippen molar-refractivity contribution < 1.29 is 0 Å². The van der Waals surface area contributed by atoms with Crippen LogP contribution in [0, 0.1) is 0 Å². The highest BCUT2D eigenvalue weighted by molar-refractivity contribution is 6.02. The van der Waals surface area contributed by atoms with Gasteiger partial charge in [-0.3, -0.25) is 9.55 Å². The van der Waals surface area contributed by atoms with E-state index in [0.29, 0.717) is 0 Å². The number of nitrogens with zero attached hydrogens (tertiary/aromatic N) is 3. The first kappa shape index (κ1) is 11.0. The van der Waals surface area contributed by atoms with Crippen LogP contribution in [0.3, 0.4) is 0 Å². The third-order valence-corrected chi connectivity index (χ3v) is 3.45. The summed E-state index contributed by atoms with van der Waals surface area (Å²) in [5, 5.41) is 1.10. The lowest BCUT2D eigenvalue weighted by Gasteiger charge is -2.06. The molecule has 4 aromatic rings. The van der Waals surface area contributed by atoms with E-state index in [1.165, 1.54) is 0 Å². The van der Waals surface area contributed by atoms with E-state index in [0.717, 1.165) is 33.3 Å². The molecule has 96 valence electrons. The van der Waals surface area contributed by atoms with Crippen molar-refractivity contribution in [2.45, 2.75) is 0 Å². The minimum atomic E-state index is 0.754. The topological polar surface area (TPSA) is 56.7 Å². The first-order valence-electron chi connectivity index (χ1n) is 6.40. The van der Waals surface area contributed by atoms with Gasteiger partial charge in [-0.25, -0.2) is 4.98 Å². The lowest BCUT2D eigenvalue weighted by Crippen LogP contribution is -1.94. The number of pyridine rings is 1. The molecule has 2 N–H and O–H groups in total. The van der Waals surface area contributed by atoms with E-state index in [2.05, 4.69) is 20.6 Å². The lowest BCUT2D eigenvalue weighted by atomic mass is 10.2. The molecule has 0 radical (unpaired) electrons. The SMILES string of the molecule is Nc1ccc(-n2cnc3cnc4ccccc4c32)cc1. The molecule has 0 unspecified atom stereocenters. The molecule has 20 heavy (non-hydrogen) atoms. The lowest BCUT2D eigenvalue weighted by molar-refractivity contribution is 1.10. The van der Waals surface area contributed by atoms with Crippen LogP contribution in [0.4, 0.5) is 5.69 Å². The van der Waals surface area contributed by atoms with Gasteiger partial charge in [0.25, 0.3) is 0 Å². The third-order valence-electron chi connectivity index (χ3n) is 3.45. The summed E-state index contributed by atoms with van der Waals surface area (Å²) in [4.78, 5) is 8.87. The first-order valence-corrected chi connectivity index (χ1v) is 6.40. The molecule has 0 fully saturated rings. The molecule has 0 saturated heterocycles. The van der Waals surface area contributed by atoms with E-state index in [-0.39, 0.29) is 0 Å². The quantitative estimate of drug-likeness (QED) is 0.535. The average Bonchev–Trinajstić information content (AvgIpc) is 2.92. The molecule has 0 spiro atoms. The van der Waals surface area contributed by atoms with Gasteiger partial charge in [-0.15, -0.1) is 0 Å². The summed E-state index contributed by atoms with van der Waals surface area (Å²) in [6, 6.07) is 15.9. The maximum Gasteiger partial charge on any atom is 0.108 e. The van der Waals surface area contributed by atoms with Crippen molar-refractivity contribution in [3.8, 4) is 5.69 Å². The molecule has 0 saturated carbocycles. The van der Waals surface area contributed by atoms with Gasteiger partial charge in [-0.05, 0) is 30.3 Å². The van der Waals surface area contributed by atoms with E-state index in [1.54, 1.807) is 0 Å². The number of rotatable bonds is 1. The molecule has 0 aliphatic rings. The second kappa shape index (κ2) is 4.06. The number of anilines is 1. The second-order valence-electron chi connectivity index (χ2n) is 4.72. The number of nitrogens with two attached hydrogens (primary N) is 1. The van der Waals surface area contributed by atoms with E-state index >= 15 is 0 Å². The molecule has 2 aromatic heterocycles. The van der Waals surface area contributed by atoms with Crippen molar-refractivity contribution >= 4 is 27.6 Å². The molecule has 4 heteroatoms. The summed E-state index contributed by atoms with van der Waals surface area (Å²) in [6.45, 7) is 0. The summed E-state index contributed by atoms with van der Waals surface area (Å²) in [6.07, 6.45) is 3.63. The fraction of sp³-hybridized carbons (Fsp3) is 0. The van der Waals surface area contributed by atoms with E-state index in [1.807, 2.05) is 55.0 Å². The van der Waals surface area contributed by atoms with Crippen LogP contribution in [-0.4, -0.2) is 14.5 Å². The maximum absolute atomic E-state index is 5.75. The van der Waals surface area contributed by atoms with Gasteiger partial charge in [0.2, 0.25) is 0 Å². The van der Waals surface area contributed by atoms with Crippen LogP contribution in [-0.2, 0) is 0 Å². The molecular weight excluding hydrogens is 248 g/mol. The molecular formula is C16H12N4. The number of fused-ring (bicyclic) bond motifs is 3. The highest BCUT2D eigenvalue weighted by Crippen LogP contribution is 2.25. The Bertz CT molecular complexity index is 907. The molecule has 4 rings (SSSR count). The van der Waals surface area contributed by atoms with Gasteiger partial charge in [0, 0.05) is 16.8 Å². The van der Waals surface area contributed by atoms with Crippen LogP contribution in [0.1, 0.15) is 0 Å². The number of benzene rings is 2. The van der Waals surface area contributed by atoms with Crippen molar-refractivity contribution in [2.24, 2.45) is 0 Å². The summed E-state index contributed by atoms with van der Waals surface area (Å²) in [7, 11) is 0. The van der Waals surface area contributed by atoms with Gasteiger partial charge < -0.3 is 5.73 Å². The smallest absolute Gasteiger partial charge is 0.108 e. The summed E-state index contributed by atoms with van der Waals surface area (Å²) in [5.41, 5.74) is 10.5. The number of hydrogen-bond acceptors (Lipinski definition) is 3. The third kappa shape index (κ3) is 1.55. The Hall–Kier alpha value is -2.88. The zero-order chi connectivity index (χ0) is 13.5. The average molecular weight is 260 g/mol. The minimum absolute atomic E-state index is 0.754. The van der Waals surface area contributed by atoms with Gasteiger partial charge in [0.05, 0.1) is 17.2 Å². The highest BCUT2D eigenvalue weighted by Gasteiger charge is 2.09. The fourth-order valence-electron chi connectivity index (χ4n) is 2.47. The molecule has 2 aromatic carbocycles. The van der Waals surface area contributed by atoms with Crippen molar-refractivity contribution in [3.63, 3.8) is 0 Å². The second-order valence-corrected chi connectivity index (χ2v) is 4.72. The zero-order valence-corrected chi connectivity index (χ0v) is 10.7.